The molecule has 2 nitrogen and oxygen atoms in total. The van der Waals surface area contributed by atoms with Gasteiger partial charge in [-0.3, -0.25) is 4.79 Å². The molecule has 0 radical (unpaired) electrons. The zero-order valence-corrected chi connectivity index (χ0v) is 12.7. The molecular weight excluding hydrogens is 326 g/mol. The third-order valence-electron chi connectivity index (χ3n) is 2.83. The van der Waals surface area contributed by atoms with Crippen LogP contribution in [0.5, 0.6) is 0 Å². The maximum Gasteiger partial charge on any atom is 0.251 e. The van der Waals surface area contributed by atoms with Crippen molar-refractivity contribution >= 4 is 33.4 Å². The molecule has 19 heavy (non-hydrogen) atoms. The summed E-state index contributed by atoms with van der Waals surface area (Å²) in [5.41, 5.74) is 1.54. The highest BCUT2D eigenvalue weighted by Crippen LogP contribution is 2.22. The fraction of sp³-hybridized carbons (Fsp3) is 0.133. The van der Waals surface area contributed by atoms with Crippen molar-refractivity contribution in [1.29, 1.82) is 0 Å². The quantitative estimate of drug-likeness (QED) is 0.871. The molecule has 98 valence electrons. The molecule has 0 saturated carbocycles. The van der Waals surface area contributed by atoms with Crippen molar-refractivity contribution in [3.05, 3.63) is 69.2 Å². The standard InChI is InChI=1S/C15H13BrClNO/c1-10(13-4-2-3-5-14(13)17)18-15(19)11-6-8-12(16)9-7-11/h2-10H,1H3,(H,18,19)/t10-/m1/s1. The van der Waals surface area contributed by atoms with E-state index in [9.17, 15) is 4.79 Å². The monoisotopic (exact) mass is 337 g/mol. The van der Waals surface area contributed by atoms with Crippen molar-refractivity contribution in [2.24, 2.45) is 0 Å². The number of carbonyl (C=O) groups excluding carboxylic acids is 1. The first kappa shape index (κ1) is 14.1. The minimum atomic E-state index is -0.134. The van der Waals surface area contributed by atoms with Crippen LogP contribution in [0.4, 0.5) is 0 Å². The zero-order valence-electron chi connectivity index (χ0n) is 10.4. The molecular formula is C15H13BrClNO. The van der Waals surface area contributed by atoms with Gasteiger partial charge in [0.1, 0.15) is 0 Å². The highest BCUT2D eigenvalue weighted by molar-refractivity contribution is 9.10. The molecule has 0 aromatic heterocycles. The Bertz CT molecular complexity index is 583. The van der Waals surface area contributed by atoms with Crippen LogP contribution in [0.15, 0.2) is 53.0 Å². The van der Waals surface area contributed by atoms with E-state index in [1.807, 2.05) is 43.3 Å². The highest BCUT2D eigenvalue weighted by Gasteiger charge is 2.13. The fourth-order valence-electron chi connectivity index (χ4n) is 1.79. The average Bonchev–Trinajstić information content (AvgIpc) is 2.39. The molecule has 1 N–H and O–H groups in total. The van der Waals surface area contributed by atoms with Gasteiger partial charge in [-0.2, -0.15) is 0 Å². The van der Waals surface area contributed by atoms with Crippen LogP contribution in [0.2, 0.25) is 5.02 Å². The van der Waals surface area contributed by atoms with Crippen LogP contribution in [0.3, 0.4) is 0 Å². The third-order valence-corrected chi connectivity index (χ3v) is 3.70. The van der Waals surface area contributed by atoms with E-state index in [2.05, 4.69) is 21.2 Å². The number of carbonyl (C=O) groups is 1. The molecule has 0 aliphatic heterocycles. The summed E-state index contributed by atoms with van der Waals surface area (Å²) in [7, 11) is 0. The van der Waals surface area contributed by atoms with Gasteiger partial charge < -0.3 is 5.32 Å². The van der Waals surface area contributed by atoms with Crippen LogP contribution in [0, 0.1) is 0 Å². The summed E-state index contributed by atoms with van der Waals surface area (Å²) in [4.78, 5) is 12.1. The molecule has 0 heterocycles. The number of rotatable bonds is 3. The fourth-order valence-corrected chi connectivity index (χ4v) is 2.35. The summed E-state index contributed by atoms with van der Waals surface area (Å²) in [5.74, 6) is -0.111. The Kier molecular flexibility index (Phi) is 4.61. The second-order valence-corrected chi connectivity index (χ2v) is 5.55. The van der Waals surface area contributed by atoms with Crippen molar-refractivity contribution in [3.63, 3.8) is 0 Å². The van der Waals surface area contributed by atoms with Gasteiger partial charge in [-0.25, -0.2) is 0 Å². The van der Waals surface area contributed by atoms with E-state index in [-0.39, 0.29) is 11.9 Å². The van der Waals surface area contributed by atoms with Crippen molar-refractivity contribution in [3.8, 4) is 0 Å². The molecule has 1 atom stereocenters. The van der Waals surface area contributed by atoms with Crippen molar-refractivity contribution in [1.82, 2.24) is 5.32 Å². The lowest BCUT2D eigenvalue weighted by atomic mass is 10.1. The van der Waals surface area contributed by atoms with Crippen molar-refractivity contribution < 1.29 is 4.79 Å². The smallest absolute Gasteiger partial charge is 0.251 e. The predicted molar refractivity (Wildman–Crippen MR) is 81.5 cm³/mol. The summed E-state index contributed by atoms with van der Waals surface area (Å²) >= 11 is 9.45. The summed E-state index contributed by atoms with van der Waals surface area (Å²) < 4.78 is 0.947. The number of nitrogens with one attached hydrogen (secondary N) is 1. The van der Waals surface area contributed by atoms with Gasteiger partial charge in [0.15, 0.2) is 0 Å². The van der Waals surface area contributed by atoms with Gasteiger partial charge >= 0.3 is 0 Å². The first-order valence-corrected chi connectivity index (χ1v) is 7.06. The van der Waals surface area contributed by atoms with Gasteiger partial charge in [-0.1, -0.05) is 45.7 Å². The van der Waals surface area contributed by atoms with Gasteiger partial charge in [0, 0.05) is 15.1 Å². The Morgan fingerprint density at radius 1 is 1.16 bits per heavy atom. The highest BCUT2D eigenvalue weighted by atomic mass is 79.9. The largest absolute Gasteiger partial charge is 0.345 e. The molecule has 2 rings (SSSR count). The first-order valence-electron chi connectivity index (χ1n) is 5.89. The number of hydrogen-bond acceptors (Lipinski definition) is 1. The Morgan fingerprint density at radius 2 is 1.79 bits per heavy atom. The lowest BCUT2D eigenvalue weighted by molar-refractivity contribution is 0.0940. The minimum Gasteiger partial charge on any atom is -0.345 e. The first-order chi connectivity index (χ1) is 9.08. The second kappa shape index (κ2) is 6.22. The molecule has 0 unspecified atom stereocenters. The van der Waals surface area contributed by atoms with E-state index < -0.39 is 0 Å². The Hall–Kier alpha value is -1.32. The minimum absolute atomic E-state index is 0.111. The maximum atomic E-state index is 12.1. The van der Waals surface area contributed by atoms with Crippen LogP contribution in [0.25, 0.3) is 0 Å². The normalized spacial score (nSPS) is 11.9. The zero-order chi connectivity index (χ0) is 13.8. The second-order valence-electron chi connectivity index (χ2n) is 4.22. The van der Waals surface area contributed by atoms with Crippen molar-refractivity contribution in [2.45, 2.75) is 13.0 Å². The van der Waals surface area contributed by atoms with Crippen LogP contribution in [-0.2, 0) is 0 Å². The van der Waals surface area contributed by atoms with Crippen LogP contribution < -0.4 is 5.32 Å². The van der Waals surface area contributed by atoms with E-state index in [0.717, 1.165) is 10.0 Å². The molecule has 0 aliphatic carbocycles. The van der Waals surface area contributed by atoms with E-state index in [1.165, 1.54) is 0 Å². The lowest BCUT2D eigenvalue weighted by Gasteiger charge is -2.15. The number of amides is 1. The predicted octanol–water partition coefficient (Wildman–Crippen LogP) is 4.59. The van der Waals surface area contributed by atoms with E-state index in [0.29, 0.717) is 10.6 Å². The van der Waals surface area contributed by atoms with E-state index >= 15 is 0 Å². The SMILES string of the molecule is C[C@@H](NC(=O)c1ccc(Br)cc1)c1ccccc1Cl. The van der Waals surface area contributed by atoms with Gasteiger partial charge in [-0.05, 0) is 42.8 Å². The van der Waals surface area contributed by atoms with Gasteiger partial charge in [0.25, 0.3) is 5.91 Å². The topological polar surface area (TPSA) is 29.1 Å². The molecule has 1 amide bonds. The molecule has 0 spiro atoms. The van der Waals surface area contributed by atoms with Gasteiger partial charge in [-0.15, -0.1) is 0 Å². The number of hydrogen-bond donors (Lipinski definition) is 1. The Morgan fingerprint density at radius 3 is 2.42 bits per heavy atom. The lowest BCUT2D eigenvalue weighted by Crippen LogP contribution is -2.26. The van der Waals surface area contributed by atoms with Gasteiger partial charge in [0.2, 0.25) is 0 Å². The van der Waals surface area contributed by atoms with Gasteiger partial charge in [0.05, 0.1) is 6.04 Å². The Labute approximate surface area is 125 Å². The number of halogens is 2. The summed E-state index contributed by atoms with van der Waals surface area (Å²) in [5, 5.41) is 3.59. The Balaban J connectivity index is 2.11. The molecule has 0 bridgehead atoms. The number of benzene rings is 2. The van der Waals surface area contributed by atoms with Crippen LogP contribution in [0.1, 0.15) is 28.9 Å². The molecule has 0 aliphatic rings. The summed E-state index contributed by atoms with van der Waals surface area (Å²) in [6, 6.07) is 14.6. The third kappa shape index (κ3) is 3.58. The van der Waals surface area contributed by atoms with E-state index in [1.54, 1.807) is 12.1 Å². The maximum absolute atomic E-state index is 12.1. The van der Waals surface area contributed by atoms with Crippen molar-refractivity contribution in [2.75, 3.05) is 0 Å². The summed E-state index contributed by atoms with van der Waals surface area (Å²) in [6.07, 6.45) is 0. The molecule has 0 saturated heterocycles. The van der Waals surface area contributed by atoms with E-state index in [4.69, 9.17) is 11.6 Å². The van der Waals surface area contributed by atoms with Crippen LogP contribution in [-0.4, -0.2) is 5.91 Å². The molecule has 2 aromatic rings. The summed E-state index contributed by atoms with van der Waals surface area (Å²) in [6.45, 7) is 1.91. The molecule has 0 fully saturated rings. The van der Waals surface area contributed by atoms with Crippen LogP contribution >= 0.6 is 27.5 Å². The average molecular weight is 339 g/mol. The molecule has 4 heteroatoms. The molecule has 2 aromatic carbocycles.